The number of benzene rings is 2. The number of imidazole rings is 1. The first-order valence-corrected chi connectivity index (χ1v) is 7.41. The van der Waals surface area contributed by atoms with E-state index in [2.05, 4.69) is 4.98 Å². The quantitative estimate of drug-likeness (QED) is 0.534. The Bertz CT molecular complexity index is 900. The van der Waals surface area contributed by atoms with Gasteiger partial charge in [0.15, 0.2) is 12.4 Å². The van der Waals surface area contributed by atoms with Gasteiger partial charge < -0.3 is 9.30 Å². The van der Waals surface area contributed by atoms with Crippen LogP contribution in [0.3, 0.4) is 0 Å². The molecule has 2 aromatic carbocycles. The van der Waals surface area contributed by atoms with Crippen molar-refractivity contribution in [3.05, 3.63) is 65.7 Å². The number of rotatable bonds is 5. The molecule has 0 aliphatic heterocycles. The number of ketones is 1. The molecule has 3 rings (SSSR count). The van der Waals surface area contributed by atoms with Crippen molar-refractivity contribution in [2.45, 2.75) is 13.5 Å². The Balaban J connectivity index is 1.64. The Kier molecular flexibility index (Phi) is 4.37. The summed E-state index contributed by atoms with van der Waals surface area (Å²) in [5.41, 5.74) is 1.93. The van der Waals surface area contributed by atoms with Crippen LogP contribution in [0.15, 0.2) is 48.5 Å². The lowest BCUT2D eigenvalue weighted by atomic mass is 10.1. The second-order valence-corrected chi connectivity index (χ2v) is 5.32. The second-order valence-electron chi connectivity index (χ2n) is 5.32. The highest BCUT2D eigenvalue weighted by atomic mass is 19.1. The number of esters is 1. The third-order valence-corrected chi connectivity index (χ3v) is 3.66. The number of aryl methyl sites for hydroxylation is 1. The second kappa shape index (κ2) is 6.62. The molecule has 0 spiro atoms. The first-order valence-electron chi connectivity index (χ1n) is 7.41. The van der Waals surface area contributed by atoms with Crippen LogP contribution in [-0.2, 0) is 16.1 Å². The van der Waals surface area contributed by atoms with E-state index in [1.807, 2.05) is 24.3 Å². The van der Waals surface area contributed by atoms with Crippen molar-refractivity contribution in [3.63, 3.8) is 0 Å². The first-order chi connectivity index (χ1) is 11.5. The zero-order chi connectivity index (χ0) is 17.1. The van der Waals surface area contributed by atoms with Crippen LogP contribution in [-0.4, -0.2) is 27.9 Å². The zero-order valence-corrected chi connectivity index (χ0v) is 13.0. The maximum atomic E-state index is 12.8. The van der Waals surface area contributed by atoms with Gasteiger partial charge in [0.2, 0.25) is 0 Å². The van der Waals surface area contributed by atoms with Gasteiger partial charge in [-0.05, 0) is 43.3 Å². The third-order valence-electron chi connectivity index (χ3n) is 3.66. The number of carbonyl (C=O) groups is 2. The van der Waals surface area contributed by atoms with Crippen molar-refractivity contribution in [1.82, 2.24) is 9.55 Å². The highest BCUT2D eigenvalue weighted by Gasteiger charge is 2.14. The molecule has 0 aliphatic carbocycles. The van der Waals surface area contributed by atoms with E-state index in [0.717, 1.165) is 11.0 Å². The van der Waals surface area contributed by atoms with Crippen LogP contribution in [0.5, 0.6) is 0 Å². The van der Waals surface area contributed by atoms with Crippen molar-refractivity contribution in [2.75, 3.05) is 6.61 Å². The van der Waals surface area contributed by atoms with E-state index in [1.165, 1.54) is 24.3 Å². The molecule has 1 aromatic heterocycles. The number of hydrogen-bond acceptors (Lipinski definition) is 4. The maximum absolute atomic E-state index is 12.8. The highest BCUT2D eigenvalue weighted by Crippen LogP contribution is 2.15. The summed E-state index contributed by atoms with van der Waals surface area (Å²) in [5, 5.41) is 0. The molecule has 1 heterocycles. The Morgan fingerprint density at radius 1 is 1.12 bits per heavy atom. The molecule has 0 bridgehead atoms. The lowest BCUT2D eigenvalue weighted by molar-refractivity contribution is -0.143. The molecule has 6 heteroatoms. The molecule has 3 aromatic rings. The summed E-state index contributed by atoms with van der Waals surface area (Å²) in [7, 11) is 0. The van der Waals surface area contributed by atoms with Gasteiger partial charge in [-0.3, -0.25) is 9.59 Å². The molecular weight excluding hydrogens is 311 g/mol. The van der Waals surface area contributed by atoms with Gasteiger partial charge in [-0.15, -0.1) is 0 Å². The Hall–Kier alpha value is -3.02. The molecule has 122 valence electrons. The van der Waals surface area contributed by atoms with Crippen LogP contribution in [0.4, 0.5) is 4.39 Å². The van der Waals surface area contributed by atoms with E-state index >= 15 is 0 Å². The van der Waals surface area contributed by atoms with Crippen molar-refractivity contribution in [2.24, 2.45) is 0 Å². The van der Waals surface area contributed by atoms with Crippen LogP contribution < -0.4 is 0 Å². The maximum Gasteiger partial charge on any atom is 0.326 e. The van der Waals surface area contributed by atoms with Gasteiger partial charge in [-0.1, -0.05) is 12.1 Å². The van der Waals surface area contributed by atoms with Crippen LogP contribution in [0.1, 0.15) is 16.2 Å². The summed E-state index contributed by atoms with van der Waals surface area (Å²) in [6.07, 6.45) is 0. The average Bonchev–Trinajstić information content (AvgIpc) is 2.89. The fraction of sp³-hybridized carbons (Fsp3) is 0.167. The van der Waals surface area contributed by atoms with Crippen molar-refractivity contribution >= 4 is 22.8 Å². The Morgan fingerprint density at radius 3 is 2.58 bits per heavy atom. The predicted octanol–water partition coefficient (Wildman–Crippen LogP) is 2.91. The number of Topliss-reactive ketones (excluding diaryl/α,β-unsaturated/α-hetero) is 1. The molecular formula is C18H15FN2O3. The number of ether oxygens (including phenoxy) is 1. The van der Waals surface area contributed by atoms with E-state index in [-0.39, 0.29) is 18.9 Å². The average molecular weight is 326 g/mol. The molecule has 0 unspecified atom stereocenters. The van der Waals surface area contributed by atoms with E-state index in [4.69, 9.17) is 4.74 Å². The molecule has 24 heavy (non-hydrogen) atoms. The summed E-state index contributed by atoms with van der Waals surface area (Å²) in [4.78, 5) is 28.3. The largest absolute Gasteiger partial charge is 0.456 e. The van der Waals surface area contributed by atoms with Gasteiger partial charge in [0, 0.05) is 5.56 Å². The van der Waals surface area contributed by atoms with E-state index in [9.17, 15) is 14.0 Å². The molecule has 0 aliphatic rings. The summed E-state index contributed by atoms with van der Waals surface area (Å²) in [6, 6.07) is 12.6. The van der Waals surface area contributed by atoms with Gasteiger partial charge in [-0.2, -0.15) is 0 Å². The lowest BCUT2D eigenvalue weighted by Crippen LogP contribution is -2.19. The van der Waals surface area contributed by atoms with Gasteiger partial charge in [0.1, 0.15) is 18.2 Å². The first kappa shape index (κ1) is 15.9. The third kappa shape index (κ3) is 3.32. The number of aromatic nitrogens is 2. The van der Waals surface area contributed by atoms with Crippen LogP contribution in [0.2, 0.25) is 0 Å². The van der Waals surface area contributed by atoms with E-state index in [0.29, 0.717) is 11.4 Å². The minimum absolute atomic E-state index is 0.0248. The summed E-state index contributed by atoms with van der Waals surface area (Å²) in [5.74, 6) is -0.642. The number of fused-ring (bicyclic) bond motifs is 1. The van der Waals surface area contributed by atoms with Gasteiger partial charge in [-0.25, -0.2) is 9.37 Å². The lowest BCUT2D eigenvalue weighted by Gasteiger charge is -2.07. The van der Waals surface area contributed by atoms with Crippen LogP contribution in [0, 0.1) is 12.7 Å². The van der Waals surface area contributed by atoms with E-state index in [1.54, 1.807) is 11.5 Å². The standard InChI is InChI=1S/C18H15FN2O3/c1-12-20-15-4-2-3-5-16(15)21(12)10-18(23)24-11-17(22)13-6-8-14(19)9-7-13/h2-9H,10-11H2,1H3. The number of para-hydroxylation sites is 2. The SMILES string of the molecule is Cc1nc2ccccc2n1CC(=O)OCC(=O)c1ccc(F)cc1. The topological polar surface area (TPSA) is 61.2 Å². The number of halogens is 1. The zero-order valence-electron chi connectivity index (χ0n) is 13.0. The molecule has 0 N–H and O–H groups in total. The van der Waals surface area contributed by atoms with Gasteiger partial charge in [0.05, 0.1) is 11.0 Å². The van der Waals surface area contributed by atoms with Gasteiger partial charge >= 0.3 is 5.97 Å². The molecule has 0 radical (unpaired) electrons. The molecule has 0 fully saturated rings. The van der Waals surface area contributed by atoms with Crippen LogP contribution >= 0.6 is 0 Å². The van der Waals surface area contributed by atoms with Crippen molar-refractivity contribution < 1.29 is 18.7 Å². The van der Waals surface area contributed by atoms with E-state index < -0.39 is 11.8 Å². The molecule has 5 nitrogen and oxygen atoms in total. The van der Waals surface area contributed by atoms with Crippen molar-refractivity contribution in [1.29, 1.82) is 0 Å². The molecule has 0 atom stereocenters. The minimum Gasteiger partial charge on any atom is -0.456 e. The Labute approximate surface area is 137 Å². The summed E-state index contributed by atoms with van der Waals surface area (Å²) < 4.78 is 19.6. The number of nitrogens with zero attached hydrogens (tertiary/aromatic N) is 2. The smallest absolute Gasteiger partial charge is 0.326 e. The fourth-order valence-corrected chi connectivity index (χ4v) is 2.44. The van der Waals surface area contributed by atoms with Crippen LogP contribution in [0.25, 0.3) is 11.0 Å². The normalized spacial score (nSPS) is 10.8. The number of hydrogen-bond donors (Lipinski definition) is 0. The highest BCUT2D eigenvalue weighted by molar-refractivity contribution is 5.97. The molecule has 0 saturated heterocycles. The van der Waals surface area contributed by atoms with Crippen molar-refractivity contribution in [3.8, 4) is 0 Å². The Morgan fingerprint density at radius 2 is 1.83 bits per heavy atom. The summed E-state index contributed by atoms with van der Waals surface area (Å²) in [6.45, 7) is 1.40. The minimum atomic E-state index is -0.531. The number of carbonyl (C=O) groups excluding carboxylic acids is 2. The monoisotopic (exact) mass is 326 g/mol. The summed E-state index contributed by atoms with van der Waals surface area (Å²) >= 11 is 0. The predicted molar refractivity (Wildman–Crippen MR) is 86.2 cm³/mol. The fourth-order valence-electron chi connectivity index (χ4n) is 2.44. The van der Waals surface area contributed by atoms with Gasteiger partial charge in [0.25, 0.3) is 0 Å². The molecule has 0 saturated carbocycles. The molecule has 0 amide bonds.